The van der Waals surface area contributed by atoms with Crippen LogP contribution in [0.15, 0.2) is 30.5 Å². The van der Waals surface area contributed by atoms with E-state index in [9.17, 15) is 0 Å². The van der Waals surface area contributed by atoms with Crippen LogP contribution in [-0.4, -0.2) is 21.5 Å². The lowest BCUT2D eigenvalue weighted by molar-refractivity contribution is 0.556. The van der Waals surface area contributed by atoms with Gasteiger partial charge in [0.2, 0.25) is 0 Å². The minimum absolute atomic E-state index is 0.185. The lowest BCUT2D eigenvalue weighted by Crippen LogP contribution is -2.30. The van der Waals surface area contributed by atoms with Crippen LogP contribution in [-0.2, 0) is 6.42 Å². The zero-order valence-corrected chi connectivity index (χ0v) is 10.8. The summed E-state index contributed by atoms with van der Waals surface area (Å²) in [6, 6.07) is 8.60. The molecule has 0 fully saturated rings. The van der Waals surface area contributed by atoms with Crippen molar-refractivity contribution >= 4 is 10.9 Å². The first-order valence-corrected chi connectivity index (χ1v) is 6.68. The summed E-state index contributed by atoms with van der Waals surface area (Å²) < 4.78 is 0. The number of nitrogens with zero attached hydrogens (tertiary/aromatic N) is 1. The quantitative estimate of drug-likeness (QED) is 0.623. The Bertz CT molecular complexity index is 738. The highest BCUT2D eigenvalue weighted by molar-refractivity contribution is 5.84. The molecule has 1 aliphatic heterocycles. The molecule has 1 aliphatic rings. The monoisotopic (exact) mass is 252 g/mol. The molecule has 0 radical (unpaired) electrons. The Hall–Kier alpha value is -2.07. The molecule has 0 amide bonds. The van der Waals surface area contributed by atoms with Crippen LogP contribution in [0.5, 0.6) is 0 Å². The van der Waals surface area contributed by atoms with Gasteiger partial charge in [-0.1, -0.05) is 18.2 Å². The Morgan fingerprint density at radius 3 is 3.11 bits per heavy atom. The number of rotatable bonds is 1. The predicted molar refractivity (Wildman–Crippen MR) is 75.2 cm³/mol. The first-order chi connectivity index (χ1) is 9.33. The van der Waals surface area contributed by atoms with Gasteiger partial charge in [0, 0.05) is 41.3 Å². The van der Waals surface area contributed by atoms with E-state index in [-0.39, 0.29) is 6.04 Å². The first kappa shape index (κ1) is 10.8. The topological polar surface area (TPSA) is 56.5 Å². The van der Waals surface area contributed by atoms with Crippen molar-refractivity contribution < 1.29 is 0 Å². The summed E-state index contributed by atoms with van der Waals surface area (Å²) in [7, 11) is 0. The summed E-state index contributed by atoms with van der Waals surface area (Å²) in [5, 5.41) is 4.85. The Morgan fingerprint density at radius 2 is 2.16 bits per heavy atom. The zero-order chi connectivity index (χ0) is 12.8. The Labute approximate surface area is 111 Å². The molecule has 4 rings (SSSR count). The Kier molecular flexibility index (Phi) is 2.26. The summed E-state index contributed by atoms with van der Waals surface area (Å²) in [6.07, 6.45) is 3.12. The van der Waals surface area contributed by atoms with Crippen molar-refractivity contribution in [3.8, 4) is 0 Å². The van der Waals surface area contributed by atoms with E-state index in [2.05, 4.69) is 50.7 Å². The molecule has 96 valence electrons. The third-order valence-electron chi connectivity index (χ3n) is 3.86. The van der Waals surface area contributed by atoms with Crippen molar-refractivity contribution in [1.29, 1.82) is 0 Å². The predicted octanol–water partition coefficient (Wildman–Crippen LogP) is 2.43. The lowest BCUT2D eigenvalue weighted by atomic mass is 9.97. The van der Waals surface area contributed by atoms with Crippen molar-refractivity contribution in [2.75, 3.05) is 6.54 Å². The molecule has 0 saturated heterocycles. The van der Waals surface area contributed by atoms with E-state index in [1.165, 1.54) is 22.2 Å². The maximum absolute atomic E-state index is 4.66. The minimum atomic E-state index is 0.185. The van der Waals surface area contributed by atoms with Crippen LogP contribution in [0.2, 0.25) is 0 Å². The number of aromatic nitrogens is 3. The normalized spacial score (nSPS) is 18.7. The fourth-order valence-electron chi connectivity index (χ4n) is 3.02. The van der Waals surface area contributed by atoms with Gasteiger partial charge in [-0.2, -0.15) is 0 Å². The van der Waals surface area contributed by atoms with E-state index in [1.54, 1.807) is 0 Å². The second-order valence-electron chi connectivity index (χ2n) is 5.11. The van der Waals surface area contributed by atoms with Crippen LogP contribution in [0.1, 0.15) is 28.8 Å². The zero-order valence-electron chi connectivity index (χ0n) is 10.8. The molecule has 19 heavy (non-hydrogen) atoms. The molecule has 4 heteroatoms. The second-order valence-corrected chi connectivity index (χ2v) is 5.11. The van der Waals surface area contributed by atoms with Crippen LogP contribution in [0, 0.1) is 6.92 Å². The highest BCUT2D eigenvalue weighted by Crippen LogP contribution is 2.31. The van der Waals surface area contributed by atoms with Gasteiger partial charge in [-0.3, -0.25) is 0 Å². The molecule has 3 N–H and O–H groups in total. The Balaban J connectivity index is 1.89. The van der Waals surface area contributed by atoms with Crippen LogP contribution >= 0.6 is 0 Å². The Morgan fingerprint density at radius 1 is 1.26 bits per heavy atom. The van der Waals surface area contributed by atoms with Gasteiger partial charge in [-0.25, -0.2) is 4.98 Å². The second kappa shape index (κ2) is 3.96. The average Bonchev–Trinajstić information content (AvgIpc) is 3.00. The van der Waals surface area contributed by atoms with Gasteiger partial charge >= 0.3 is 0 Å². The lowest BCUT2D eigenvalue weighted by Gasteiger charge is -2.22. The fourth-order valence-corrected chi connectivity index (χ4v) is 3.02. The molecule has 3 heterocycles. The van der Waals surface area contributed by atoms with Gasteiger partial charge in [-0.15, -0.1) is 0 Å². The van der Waals surface area contributed by atoms with Crippen LogP contribution < -0.4 is 5.32 Å². The number of para-hydroxylation sites is 1. The van der Waals surface area contributed by atoms with Gasteiger partial charge in [0.25, 0.3) is 0 Å². The van der Waals surface area contributed by atoms with Crippen molar-refractivity contribution in [2.45, 2.75) is 19.4 Å². The molecular weight excluding hydrogens is 236 g/mol. The molecule has 0 spiro atoms. The fraction of sp³-hybridized carbons (Fsp3) is 0.267. The molecule has 1 atom stereocenters. The number of hydrogen-bond acceptors (Lipinski definition) is 2. The number of imidazole rings is 1. The van der Waals surface area contributed by atoms with E-state index >= 15 is 0 Å². The largest absolute Gasteiger partial charge is 0.361 e. The van der Waals surface area contributed by atoms with Crippen LogP contribution in [0.3, 0.4) is 0 Å². The number of hydrogen-bond donors (Lipinski definition) is 3. The number of aryl methyl sites for hydroxylation is 1. The van der Waals surface area contributed by atoms with E-state index in [0.717, 1.165) is 24.5 Å². The van der Waals surface area contributed by atoms with Crippen molar-refractivity contribution in [2.24, 2.45) is 0 Å². The van der Waals surface area contributed by atoms with Crippen molar-refractivity contribution in [3.63, 3.8) is 0 Å². The highest BCUT2D eigenvalue weighted by atomic mass is 15.0. The summed E-state index contributed by atoms with van der Waals surface area (Å²) in [5.74, 6) is 0.999. The molecular formula is C15H16N4. The number of fused-ring (bicyclic) bond motifs is 2. The average molecular weight is 252 g/mol. The van der Waals surface area contributed by atoms with Crippen LogP contribution in [0.25, 0.3) is 10.9 Å². The summed E-state index contributed by atoms with van der Waals surface area (Å²) in [4.78, 5) is 11.4. The molecule has 0 bridgehead atoms. The van der Waals surface area contributed by atoms with E-state index < -0.39 is 0 Å². The first-order valence-electron chi connectivity index (χ1n) is 6.68. The van der Waals surface area contributed by atoms with E-state index in [0.29, 0.717) is 0 Å². The van der Waals surface area contributed by atoms with E-state index in [4.69, 9.17) is 0 Å². The molecule has 1 aromatic carbocycles. The van der Waals surface area contributed by atoms with Gasteiger partial charge in [0.1, 0.15) is 5.82 Å². The molecule has 0 saturated carbocycles. The molecule has 4 nitrogen and oxygen atoms in total. The highest BCUT2D eigenvalue weighted by Gasteiger charge is 2.26. The minimum Gasteiger partial charge on any atom is -0.361 e. The van der Waals surface area contributed by atoms with Crippen LogP contribution in [0.4, 0.5) is 0 Å². The third kappa shape index (κ3) is 1.60. The number of H-pyrrole nitrogens is 2. The van der Waals surface area contributed by atoms with E-state index in [1.807, 2.05) is 6.92 Å². The maximum Gasteiger partial charge on any atom is 0.103 e. The summed E-state index contributed by atoms with van der Waals surface area (Å²) in [6.45, 7) is 3.00. The number of nitrogens with one attached hydrogen (secondary N) is 3. The molecule has 0 aliphatic carbocycles. The maximum atomic E-state index is 4.66. The standard InChI is InChI=1S/C15H16N4/c1-9-18-13-6-7-16-14(15(13)19-9)11-8-17-12-5-3-2-4-10(11)12/h2-5,8,14,16-17H,6-7H2,1H3,(H,18,19). The number of benzene rings is 1. The van der Waals surface area contributed by atoms with Gasteiger partial charge in [0.05, 0.1) is 11.7 Å². The molecule has 2 aromatic heterocycles. The van der Waals surface area contributed by atoms with Gasteiger partial charge in [-0.05, 0) is 13.0 Å². The smallest absolute Gasteiger partial charge is 0.103 e. The number of aromatic amines is 2. The van der Waals surface area contributed by atoms with Gasteiger partial charge in [0.15, 0.2) is 0 Å². The van der Waals surface area contributed by atoms with Crippen molar-refractivity contribution in [3.05, 3.63) is 53.2 Å². The third-order valence-corrected chi connectivity index (χ3v) is 3.86. The van der Waals surface area contributed by atoms with Crippen molar-refractivity contribution in [1.82, 2.24) is 20.3 Å². The van der Waals surface area contributed by atoms with Gasteiger partial charge < -0.3 is 15.3 Å². The molecule has 1 unspecified atom stereocenters. The SMILES string of the molecule is Cc1nc2c([nH]1)CCNC2c1c[nH]c2ccccc12. The molecule has 3 aromatic rings. The summed E-state index contributed by atoms with van der Waals surface area (Å²) in [5.41, 5.74) is 4.88. The summed E-state index contributed by atoms with van der Waals surface area (Å²) >= 11 is 0.